The largest absolute Gasteiger partial charge is 0.370 e. The maximum atomic E-state index is 6.11. The van der Waals surface area contributed by atoms with Crippen LogP contribution < -0.4 is 5.32 Å². The summed E-state index contributed by atoms with van der Waals surface area (Å²) in [6, 6.07) is 8.26. The minimum absolute atomic E-state index is 0.0925. The molecule has 2 unspecified atom stereocenters. The summed E-state index contributed by atoms with van der Waals surface area (Å²) in [6.07, 6.45) is 2.28. The van der Waals surface area contributed by atoms with E-state index in [2.05, 4.69) is 32.2 Å². The van der Waals surface area contributed by atoms with Crippen LogP contribution in [0.1, 0.15) is 45.3 Å². The molecular formula is C15H22ClNO. The Morgan fingerprint density at radius 1 is 1.39 bits per heavy atom. The van der Waals surface area contributed by atoms with Crippen molar-refractivity contribution >= 4 is 11.6 Å². The Balaban J connectivity index is 2.15. The van der Waals surface area contributed by atoms with Crippen molar-refractivity contribution in [3.8, 4) is 0 Å². The van der Waals surface area contributed by atoms with E-state index in [0.29, 0.717) is 6.04 Å². The van der Waals surface area contributed by atoms with Gasteiger partial charge in [0.2, 0.25) is 0 Å². The van der Waals surface area contributed by atoms with Crippen molar-refractivity contribution in [3.05, 3.63) is 34.9 Å². The van der Waals surface area contributed by atoms with Crippen LogP contribution in [0.2, 0.25) is 5.02 Å². The SMILES string of the molecule is CCC1(CC)COC(c2cccc(Cl)c2)C(C)N1. The molecule has 1 aliphatic rings. The molecule has 2 rings (SSSR count). The number of morpholine rings is 1. The molecule has 18 heavy (non-hydrogen) atoms. The lowest BCUT2D eigenvalue weighted by atomic mass is 9.88. The zero-order chi connectivity index (χ0) is 13.2. The first-order valence-corrected chi connectivity index (χ1v) is 7.13. The van der Waals surface area contributed by atoms with Crippen LogP contribution in [0.5, 0.6) is 0 Å². The third-order valence-electron chi connectivity index (χ3n) is 4.06. The van der Waals surface area contributed by atoms with Crippen molar-refractivity contribution in [1.29, 1.82) is 0 Å². The van der Waals surface area contributed by atoms with Crippen LogP contribution in [0, 0.1) is 0 Å². The lowest BCUT2D eigenvalue weighted by Gasteiger charge is -2.44. The summed E-state index contributed by atoms with van der Waals surface area (Å²) in [4.78, 5) is 0. The Bertz CT molecular complexity index is 403. The van der Waals surface area contributed by atoms with Gasteiger partial charge in [-0.05, 0) is 37.5 Å². The molecule has 0 aromatic heterocycles. The zero-order valence-electron chi connectivity index (χ0n) is 11.4. The number of ether oxygens (including phenoxy) is 1. The van der Waals surface area contributed by atoms with E-state index in [0.717, 1.165) is 30.0 Å². The standard InChI is InChI=1S/C15H22ClNO/c1-4-15(5-2)10-18-14(11(3)17-15)12-7-6-8-13(16)9-12/h6-9,11,14,17H,4-5,10H2,1-3H3. The summed E-state index contributed by atoms with van der Waals surface area (Å²) in [5.41, 5.74) is 1.29. The summed E-state index contributed by atoms with van der Waals surface area (Å²) in [5.74, 6) is 0. The van der Waals surface area contributed by atoms with Crippen LogP contribution in [-0.4, -0.2) is 18.2 Å². The van der Waals surface area contributed by atoms with Gasteiger partial charge >= 0.3 is 0 Å². The molecule has 1 saturated heterocycles. The zero-order valence-corrected chi connectivity index (χ0v) is 12.1. The van der Waals surface area contributed by atoms with Gasteiger partial charge in [-0.1, -0.05) is 37.6 Å². The topological polar surface area (TPSA) is 21.3 Å². The number of hydrogen-bond donors (Lipinski definition) is 1. The highest BCUT2D eigenvalue weighted by Crippen LogP contribution is 2.32. The molecule has 1 aromatic rings. The first-order chi connectivity index (χ1) is 8.60. The average molecular weight is 268 g/mol. The second kappa shape index (κ2) is 5.60. The van der Waals surface area contributed by atoms with Gasteiger partial charge in [-0.15, -0.1) is 0 Å². The molecule has 1 N–H and O–H groups in total. The molecule has 100 valence electrons. The fourth-order valence-electron chi connectivity index (χ4n) is 2.72. The van der Waals surface area contributed by atoms with E-state index < -0.39 is 0 Å². The average Bonchev–Trinajstić information content (AvgIpc) is 2.38. The Morgan fingerprint density at radius 2 is 2.11 bits per heavy atom. The number of nitrogens with one attached hydrogen (secondary N) is 1. The molecule has 0 saturated carbocycles. The van der Waals surface area contributed by atoms with E-state index in [1.807, 2.05) is 18.2 Å². The van der Waals surface area contributed by atoms with Crippen LogP contribution >= 0.6 is 11.6 Å². The summed E-state index contributed by atoms with van der Waals surface area (Å²) in [7, 11) is 0. The van der Waals surface area contributed by atoms with Crippen LogP contribution in [0.15, 0.2) is 24.3 Å². The van der Waals surface area contributed by atoms with Crippen LogP contribution in [0.3, 0.4) is 0 Å². The van der Waals surface area contributed by atoms with Crippen molar-refractivity contribution in [1.82, 2.24) is 5.32 Å². The number of hydrogen-bond acceptors (Lipinski definition) is 2. The molecule has 1 fully saturated rings. The van der Waals surface area contributed by atoms with E-state index in [9.17, 15) is 0 Å². The maximum Gasteiger partial charge on any atom is 0.0976 e. The summed E-state index contributed by atoms with van der Waals surface area (Å²) in [6.45, 7) is 7.38. The molecule has 0 spiro atoms. The van der Waals surface area contributed by atoms with Gasteiger partial charge in [-0.2, -0.15) is 0 Å². The van der Waals surface area contributed by atoms with E-state index in [4.69, 9.17) is 16.3 Å². The molecule has 0 aliphatic carbocycles. The summed E-state index contributed by atoms with van der Waals surface area (Å²) in [5, 5.41) is 4.50. The van der Waals surface area contributed by atoms with Crippen molar-refractivity contribution < 1.29 is 4.74 Å². The van der Waals surface area contributed by atoms with Crippen LogP contribution in [-0.2, 0) is 4.74 Å². The monoisotopic (exact) mass is 267 g/mol. The molecule has 0 amide bonds. The molecule has 1 heterocycles. The number of halogens is 1. The van der Waals surface area contributed by atoms with Crippen molar-refractivity contribution in [2.75, 3.05) is 6.61 Å². The second-order valence-electron chi connectivity index (χ2n) is 5.21. The molecule has 2 atom stereocenters. The summed E-state index contributed by atoms with van der Waals surface area (Å²) >= 11 is 6.05. The van der Waals surface area contributed by atoms with Gasteiger partial charge in [0.15, 0.2) is 0 Å². The van der Waals surface area contributed by atoms with Crippen molar-refractivity contribution in [2.45, 2.75) is 51.3 Å². The molecule has 2 nitrogen and oxygen atoms in total. The Morgan fingerprint density at radius 3 is 2.67 bits per heavy atom. The lowest BCUT2D eigenvalue weighted by molar-refractivity contribution is -0.0631. The molecule has 1 aromatic carbocycles. The lowest BCUT2D eigenvalue weighted by Crippen LogP contribution is -2.58. The van der Waals surface area contributed by atoms with E-state index in [-0.39, 0.29) is 11.6 Å². The Kier molecular flexibility index (Phi) is 4.31. The minimum Gasteiger partial charge on any atom is -0.370 e. The highest BCUT2D eigenvalue weighted by molar-refractivity contribution is 6.30. The first kappa shape index (κ1) is 13.9. The van der Waals surface area contributed by atoms with Crippen molar-refractivity contribution in [3.63, 3.8) is 0 Å². The second-order valence-corrected chi connectivity index (χ2v) is 5.64. The van der Waals surface area contributed by atoms with E-state index in [1.165, 1.54) is 0 Å². The highest BCUT2D eigenvalue weighted by atomic mass is 35.5. The van der Waals surface area contributed by atoms with Gasteiger partial charge in [-0.25, -0.2) is 0 Å². The number of rotatable bonds is 3. The molecule has 0 radical (unpaired) electrons. The Labute approximate surface area is 115 Å². The fourth-order valence-corrected chi connectivity index (χ4v) is 2.92. The van der Waals surface area contributed by atoms with Gasteiger partial charge in [0.25, 0.3) is 0 Å². The predicted molar refractivity (Wildman–Crippen MR) is 76.1 cm³/mol. The predicted octanol–water partition coefficient (Wildman–Crippen LogP) is 3.95. The van der Waals surface area contributed by atoms with Gasteiger partial charge in [-0.3, -0.25) is 0 Å². The molecular weight excluding hydrogens is 246 g/mol. The first-order valence-electron chi connectivity index (χ1n) is 6.75. The van der Waals surface area contributed by atoms with Crippen LogP contribution in [0.25, 0.3) is 0 Å². The molecule has 0 bridgehead atoms. The number of benzene rings is 1. The van der Waals surface area contributed by atoms with E-state index in [1.54, 1.807) is 0 Å². The third kappa shape index (κ3) is 2.71. The normalized spacial score (nSPS) is 27.1. The summed E-state index contributed by atoms with van der Waals surface area (Å²) < 4.78 is 6.11. The van der Waals surface area contributed by atoms with Gasteiger partial charge in [0.05, 0.1) is 12.7 Å². The van der Waals surface area contributed by atoms with Crippen molar-refractivity contribution in [2.24, 2.45) is 0 Å². The fraction of sp³-hybridized carbons (Fsp3) is 0.600. The third-order valence-corrected chi connectivity index (χ3v) is 4.29. The van der Waals surface area contributed by atoms with E-state index >= 15 is 0 Å². The Hall–Kier alpha value is -0.570. The highest BCUT2D eigenvalue weighted by Gasteiger charge is 2.37. The molecule has 1 aliphatic heterocycles. The van der Waals surface area contributed by atoms with Gasteiger partial charge < -0.3 is 10.1 Å². The smallest absolute Gasteiger partial charge is 0.0976 e. The minimum atomic E-state index is 0.0925. The van der Waals surface area contributed by atoms with Crippen LogP contribution in [0.4, 0.5) is 0 Å². The van der Waals surface area contributed by atoms with Gasteiger partial charge in [0, 0.05) is 16.6 Å². The maximum absolute atomic E-state index is 6.11. The molecule has 3 heteroatoms. The quantitative estimate of drug-likeness (QED) is 0.895. The van der Waals surface area contributed by atoms with Gasteiger partial charge in [0.1, 0.15) is 0 Å².